The number of aliphatic hydroxyl groups excluding tert-OH is 9. The molecule has 0 aromatic rings. The summed E-state index contributed by atoms with van der Waals surface area (Å²) in [6, 6.07) is -3.32. The maximum Gasteiger partial charge on any atom is 0.222 e. The van der Waals surface area contributed by atoms with Crippen LogP contribution in [0.5, 0.6) is 0 Å². The zero-order chi connectivity index (χ0) is 79.9. The van der Waals surface area contributed by atoms with Gasteiger partial charge in [0.1, 0.15) is 78.6 Å². The van der Waals surface area contributed by atoms with Crippen molar-refractivity contribution in [2.75, 3.05) is 238 Å². The van der Waals surface area contributed by atoms with E-state index in [9.17, 15) is 79.5 Å². The fourth-order valence-electron chi connectivity index (χ4n) is 10.4. The van der Waals surface area contributed by atoms with Gasteiger partial charge in [-0.2, -0.15) is 0 Å². The summed E-state index contributed by atoms with van der Waals surface area (Å²) in [4.78, 5) is 87.8. The molecular weight excluding hydrogens is 1460 g/mol. The highest BCUT2D eigenvalue weighted by Crippen LogP contribution is 2.25. The van der Waals surface area contributed by atoms with Crippen LogP contribution in [0.4, 0.5) is 0 Å². The summed E-state index contributed by atoms with van der Waals surface area (Å²) in [6.45, 7) is 4.78. The standard InChI is InChI=1S/C66H122N8O35/c1-44(78)71-54-60(88)57(85)47(38-75)107-63(54)104-35-32-98-27-22-93-17-9-68-50(81)4-13-101-41-66(74-53(84)7-12-91-20-25-96-30-31-97-26-21-92-16-8-67,42-102-14-5-51(82)69-10-18-94-23-28-99-33-36-105-64-55(72-45(2)79)61(89)58(86)48(39-76)108-64)43-103-15-6-52(83)70-11-19-95-24-29-100-34-37-106-65-56(73-46(3)80)62(90)59(87)49(40-77)109-65/h47-49,54-65,75-77,85-90H,4-43,67H2,1-3H3,(H,68,81)(H,69,82)(H,70,83)(H,71,78)(H,72,79)(H,73,80)(H,74,84). The van der Waals surface area contributed by atoms with Crippen molar-refractivity contribution < 1.29 is 170 Å². The van der Waals surface area contributed by atoms with Crippen molar-refractivity contribution in [2.45, 2.75) is 144 Å². The summed E-state index contributed by atoms with van der Waals surface area (Å²) >= 11 is 0. The Kier molecular flexibility index (Phi) is 54.7. The van der Waals surface area contributed by atoms with Crippen LogP contribution in [-0.2, 0) is 124 Å². The first-order valence-corrected chi connectivity index (χ1v) is 36.5. The zero-order valence-corrected chi connectivity index (χ0v) is 62.7. The number of hydrogen-bond donors (Lipinski definition) is 17. The molecule has 15 unspecified atom stereocenters. The van der Waals surface area contributed by atoms with E-state index in [4.69, 9.17) is 95.7 Å². The van der Waals surface area contributed by atoms with Gasteiger partial charge in [-0.15, -0.1) is 0 Å². The number of rotatable bonds is 66. The number of nitrogens with one attached hydrogen (secondary N) is 7. The molecule has 0 aromatic carbocycles. The second kappa shape index (κ2) is 60.7. The highest BCUT2D eigenvalue weighted by molar-refractivity contribution is 5.78. The van der Waals surface area contributed by atoms with Gasteiger partial charge in [0.05, 0.1) is 211 Å². The molecule has 0 spiro atoms. The Morgan fingerprint density at radius 2 is 0.560 bits per heavy atom. The second-order valence-corrected chi connectivity index (χ2v) is 24.9. The minimum Gasteiger partial charge on any atom is -0.394 e. The van der Waals surface area contributed by atoms with E-state index in [0.717, 1.165) is 0 Å². The molecule has 0 aliphatic carbocycles. The lowest BCUT2D eigenvalue weighted by Crippen LogP contribution is -2.64. The van der Waals surface area contributed by atoms with E-state index in [0.29, 0.717) is 39.6 Å². The van der Waals surface area contributed by atoms with E-state index in [1.165, 1.54) is 20.8 Å². The van der Waals surface area contributed by atoms with Crippen molar-refractivity contribution in [1.82, 2.24) is 37.2 Å². The predicted octanol–water partition coefficient (Wildman–Crippen LogP) is -10.2. The van der Waals surface area contributed by atoms with E-state index in [-0.39, 0.29) is 204 Å². The number of ether oxygens (including phenoxy) is 19. The van der Waals surface area contributed by atoms with Crippen LogP contribution in [0.15, 0.2) is 0 Å². The maximum absolute atomic E-state index is 13.8. The second-order valence-electron chi connectivity index (χ2n) is 24.9. The SMILES string of the molecule is CC(=O)NC1C(OCCOCCOCCNC(=O)CCOCC(COCCC(=O)NCCOCCOCCOC2OC(CO)C(O)C(O)C2NC(C)=O)(COCCC(=O)NCCOCCOCCOC2OC(CO)C(O)C(O)C2NC(C)=O)NC(=O)CCOCCOCCOCCOCCN)OC(CO)C(O)C1O. The molecule has 15 atom stereocenters. The van der Waals surface area contributed by atoms with Gasteiger partial charge in [-0.1, -0.05) is 0 Å². The molecule has 636 valence electrons. The first-order valence-electron chi connectivity index (χ1n) is 36.5. The molecule has 3 aliphatic rings. The van der Waals surface area contributed by atoms with E-state index >= 15 is 0 Å². The van der Waals surface area contributed by atoms with E-state index in [1.54, 1.807) is 0 Å². The van der Waals surface area contributed by atoms with Gasteiger partial charge < -0.3 is 179 Å². The van der Waals surface area contributed by atoms with Crippen LogP contribution in [0.25, 0.3) is 0 Å². The third kappa shape index (κ3) is 43.3. The molecule has 109 heavy (non-hydrogen) atoms. The fraction of sp³-hybridized carbons (Fsp3) is 0.894. The Balaban J connectivity index is 1.54. The molecule has 3 fully saturated rings. The quantitative estimate of drug-likeness (QED) is 0.0251. The van der Waals surface area contributed by atoms with Crippen LogP contribution in [0, 0.1) is 0 Å². The number of nitrogens with two attached hydrogens (primary N) is 1. The molecular formula is C66H122N8O35. The highest BCUT2D eigenvalue weighted by Gasteiger charge is 2.48. The molecule has 0 radical (unpaired) electrons. The van der Waals surface area contributed by atoms with Crippen LogP contribution < -0.4 is 43.0 Å². The monoisotopic (exact) mass is 1590 g/mol. The lowest BCUT2D eigenvalue weighted by atomic mass is 9.97. The summed E-state index contributed by atoms with van der Waals surface area (Å²) in [7, 11) is 0. The van der Waals surface area contributed by atoms with E-state index in [2.05, 4.69) is 37.2 Å². The van der Waals surface area contributed by atoms with Gasteiger partial charge in [0, 0.05) is 72.6 Å². The molecule has 3 rings (SSSR count). The van der Waals surface area contributed by atoms with Gasteiger partial charge in [-0.25, -0.2) is 0 Å². The number of aliphatic hydroxyl groups is 9. The molecule has 43 heteroatoms. The van der Waals surface area contributed by atoms with Crippen LogP contribution in [-0.4, -0.2) is 422 Å². The Morgan fingerprint density at radius 1 is 0.321 bits per heavy atom. The summed E-state index contributed by atoms with van der Waals surface area (Å²) < 4.78 is 107. The van der Waals surface area contributed by atoms with Gasteiger partial charge in [0.2, 0.25) is 41.4 Å². The number of carbonyl (C=O) groups excluding carboxylic acids is 7. The summed E-state index contributed by atoms with van der Waals surface area (Å²) in [5, 5.41) is 109. The lowest BCUT2D eigenvalue weighted by molar-refractivity contribution is -0.272. The van der Waals surface area contributed by atoms with Crippen molar-refractivity contribution in [1.29, 1.82) is 0 Å². The topological polar surface area (TPSA) is 587 Å². The van der Waals surface area contributed by atoms with Crippen molar-refractivity contribution in [3.63, 3.8) is 0 Å². The normalized spacial score (nSPS) is 24.7. The highest BCUT2D eigenvalue weighted by atomic mass is 16.7. The van der Waals surface area contributed by atoms with Crippen molar-refractivity contribution in [3.05, 3.63) is 0 Å². The summed E-state index contributed by atoms with van der Waals surface area (Å²) in [5.74, 6) is -3.19. The minimum absolute atomic E-state index is 0.0197. The first-order chi connectivity index (χ1) is 52.6. The number of hydrogen-bond acceptors (Lipinski definition) is 36. The van der Waals surface area contributed by atoms with Crippen molar-refractivity contribution in [3.8, 4) is 0 Å². The van der Waals surface area contributed by atoms with Crippen LogP contribution in [0.1, 0.15) is 46.5 Å². The van der Waals surface area contributed by atoms with Crippen molar-refractivity contribution >= 4 is 41.4 Å². The maximum atomic E-state index is 13.8. The Morgan fingerprint density at radius 3 is 0.826 bits per heavy atom. The van der Waals surface area contributed by atoms with Gasteiger partial charge in [0.25, 0.3) is 0 Å². The average molecular weight is 1590 g/mol. The van der Waals surface area contributed by atoms with Crippen LogP contribution >= 0.6 is 0 Å². The van der Waals surface area contributed by atoms with Gasteiger partial charge >= 0.3 is 0 Å². The van der Waals surface area contributed by atoms with Gasteiger partial charge in [-0.05, 0) is 0 Å². The third-order valence-electron chi connectivity index (χ3n) is 15.9. The first kappa shape index (κ1) is 98.3. The van der Waals surface area contributed by atoms with Crippen LogP contribution in [0.2, 0.25) is 0 Å². The predicted molar refractivity (Wildman–Crippen MR) is 372 cm³/mol. The molecule has 0 aromatic heterocycles. The van der Waals surface area contributed by atoms with Crippen molar-refractivity contribution in [2.24, 2.45) is 5.73 Å². The Bertz CT molecular complexity index is 2210. The molecule has 7 amide bonds. The lowest BCUT2D eigenvalue weighted by Gasteiger charge is -2.42. The smallest absolute Gasteiger partial charge is 0.222 e. The summed E-state index contributed by atoms with van der Waals surface area (Å²) in [5.41, 5.74) is 3.95. The Labute approximate surface area is 633 Å². The zero-order valence-electron chi connectivity index (χ0n) is 62.7. The molecule has 3 aliphatic heterocycles. The van der Waals surface area contributed by atoms with E-state index in [1.807, 2.05) is 0 Å². The largest absolute Gasteiger partial charge is 0.394 e. The van der Waals surface area contributed by atoms with Gasteiger partial charge in [-0.3, -0.25) is 33.6 Å². The molecule has 43 nitrogen and oxygen atoms in total. The molecule has 18 N–H and O–H groups in total. The molecule has 0 bridgehead atoms. The summed E-state index contributed by atoms with van der Waals surface area (Å²) in [6.07, 6.45) is -16.3. The molecule has 0 saturated carbocycles. The third-order valence-corrected chi connectivity index (χ3v) is 15.9. The number of carbonyl (C=O) groups is 7. The minimum atomic E-state index is -1.47. The van der Waals surface area contributed by atoms with Gasteiger partial charge in [0.15, 0.2) is 18.9 Å². The molecule has 3 saturated heterocycles. The molecule has 3 heterocycles. The average Bonchev–Trinajstić information content (AvgIpc) is 0.823. The number of amides is 7. The van der Waals surface area contributed by atoms with Crippen LogP contribution in [0.3, 0.4) is 0 Å². The Hall–Kier alpha value is -4.87. The fourth-order valence-corrected chi connectivity index (χ4v) is 10.4. The van der Waals surface area contributed by atoms with E-state index < -0.39 is 159 Å².